The van der Waals surface area contributed by atoms with E-state index in [0.717, 1.165) is 18.5 Å². The molecule has 0 spiro atoms. The number of para-hydroxylation sites is 1. The summed E-state index contributed by atoms with van der Waals surface area (Å²) in [6.45, 7) is 1.54. The average Bonchev–Trinajstić information content (AvgIpc) is 2.55. The molecule has 0 unspecified atom stereocenters. The number of guanidine groups is 1. The minimum atomic E-state index is 0. The predicted molar refractivity (Wildman–Crippen MR) is 108 cm³/mol. The summed E-state index contributed by atoms with van der Waals surface area (Å²) >= 11 is 0. The molecule has 1 fully saturated rings. The van der Waals surface area contributed by atoms with Crippen molar-refractivity contribution in [3.63, 3.8) is 0 Å². The van der Waals surface area contributed by atoms with Gasteiger partial charge in [-0.15, -0.1) is 24.0 Å². The molecule has 130 valence electrons. The number of rotatable bonds is 6. The zero-order valence-electron chi connectivity index (χ0n) is 13.9. The molecular weight excluding hydrogens is 403 g/mol. The molecule has 0 aliphatic heterocycles. The summed E-state index contributed by atoms with van der Waals surface area (Å²) in [5.74, 6) is 0.452. The minimum absolute atomic E-state index is 0. The summed E-state index contributed by atoms with van der Waals surface area (Å²) in [7, 11) is 2.08. The van der Waals surface area contributed by atoms with Crippen LogP contribution in [0.15, 0.2) is 35.3 Å². The molecule has 1 aromatic rings. The molecule has 23 heavy (non-hydrogen) atoms. The first-order valence-electron chi connectivity index (χ1n) is 8.10. The zero-order valence-corrected chi connectivity index (χ0v) is 16.2. The van der Waals surface area contributed by atoms with E-state index in [0.29, 0.717) is 19.0 Å². The summed E-state index contributed by atoms with van der Waals surface area (Å²) in [6, 6.07) is 9.84. The van der Waals surface area contributed by atoms with Gasteiger partial charge >= 0.3 is 0 Å². The van der Waals surface area contributed by atoms with Crippen LogP contribution in [0, 0.1) is 0 Å². The first-order chi connectivity index (χ1) is 10.7. The van der Waals surface area contributed by atoms with Crippen LogP contribution in [-0.2, 0) is 0 Å². The highest BCUT2D eigenvalue weighted by Crippen LogP contribution is 2.33. The van der Waals surface area contributed by atoms with Crippen LogP contribution in [0.4, 0.5) is 5.69 Å². The van der Waals surface area contributed by atoms with Gasteiger partial charge in [0.05, 0.1) is 13.2 Å². The highest BCUT2D eigenvalue weighted by molar-refractivity contribution is 14.0. The Bertz CT molecular complexity index is 475. The number of halogens is 1. The van der Waals surface area contributed by atoms with Gasteiger partial charge in [-0.05, 0) is 32.0 Å². The Labute approximate surface area is 156 Å². The van der Waals surface area contributed by atoms with Crippen molar-refractivity contribution in [2.45, 2.75) is 37.6 Å². The molecule has 0 radical (unpaired) electrons. The third-order valence-corrected chi connectivity index (χ3v) is 4.62. The number of aliphatic hydroxyl groups is 1. The Morgan fingerprint density at radius 1 is 1.26 bits per heavy atom. The van der Waals surface area contributed by atoms with Gasteiger partial charge in [-0.3, -0.25) is 9.89 Å². The number of nitrogens with one attached hydrogen (secondary N) is 1. The molecule has 1 aliphatic carbocycles. The maximum Gasteiger partial charge on any atom is 0.193 e. The third kappa shape index (κ3) is 5.93. The number of benzene rings is 1. The molecule has 5 nitrogen and oxygen atoms in total. The molecule has 0 heterocycles. The molecule has 2 rings (SSSR count). The van der Waals surface area contributed by atoms with Gasteiger partial charge in [-0.25, -0.2) is 0 Å². The predicted octanol–water partition coefficient (Wildman–Crippen LogP) is 2.66. The number of aliphatic hydroxyl groups excluding tert-OH is 1. The smallest absolute Gasteiger partial charge is 0.193 e. The van der Waals surface area contributed by atoms with E-state index in [2.05, 4.69) is 22.3 Å². The Morgan fingerprint density at radius 2 is 1.91 bits per heavy atom. The fourth-order valence-corrected chi connectivity index (χ4v) is 3.20. The number of aliphatic imine (C=N–C) groups is 1. The Hall–Kier alpha value is -0.860. The van der Waals surface area contributed by atoms with Gasteiger partial charge in [-0.2, -0.15) is 0 Å². The maximum atomic E-state index is 9.24. The van der Waals surface area contributed by atoms with Gasteiger partial charge in [0.2, 0.25) is 0 Å². The van der Waals surface area contributed by atoms with Gasteiger partial charge in [0.25, 0.3) is 0 Å². The van der Waals surface area contributed by atoms with Crippen LogP contribution in [0.3, 0.4) is 0 Å². The number of nitrogens with zero attached hydrogens (tertiary/aromatic N) is 2. The van der Waals surface area contributed by atoms with Crippen molar-refractivity contribution in [1.82, 2.24) is 4.90 Å². The molecule has 6 heteroatoms. The number of likely N-dealkylation sites (N-methyl/N-ethyl adjacent to an activating group) is 1. The highest BCUT2D eigenvalue weighted by atomic mass is 127. The maximum absolute atomic E-state index is 9.24. The van der Waals surface area contributed by atoms with Crippen molar-refractivity contribution in [2.24, 2.45) is 10.7 Å². The molecule has 0 saturated heterocycles. The van der Waals surface area contributed by atoms with Crippen molar-refractivity contribution in [2.75, 3.05) is 32.1 Å². The summed E-state index contributed by atoms with van der Waals surface area (Å²) in [6.07, 6.45) is 5.96. The summed E-state index contributed by atoms with van der Waals surface area (Å²) in [4.78, 5) is 6.83. The standard InChI is InChI=1S/C17H28N4O.HI/c1-21(12-13-22)17(10-6-3-7-11-17)14-19-16(18)20-15-8-4-2-5-9-15;/h2,4-5,8-9,22H,3,6-7,10-14H2,1H3,(H3,18,19,20);1H. The lowest BCUT2D eigenvalue weighted by molar-refractivity contribution is 0.0660. The van der Waals surface area contributed by atoms with E-state index in [1.807, 2.05) is 30.3 Å². The number of nitrogens with two attached hydrogens (primary N) is 1. The van der Waals surface area contributed by atoms with E-state index in [1.54, 1.807) is 0 Å². The first-order valence-corrected chi connectivity index (χ1v) is 8.10. The fraction of sp³-hybridized carbons (Fsp3) is 0.588. The van der Waals surface area contributed by atoms with E-state index in [1.165, 1.54) is 19.3 Å². The highest BCUT2D eigenvalue weighted by Gasteiger charge is 2.35. The van der Waals surface area contributed by atoms with Gasteiger partial charge < -0.3 is 16.2 Å². The molecule has 1 saturated carbocycles. The second-order valence-corrected chi connectivity index (χ2v) is 6.12. The number of β-amino-alcohol motifs (C(OH)–C–C–N with tert-alkyl or cyclic N) is 1. The first kappa shape index (κ1) is 20.2. The zero-order chi connectivity index (χ0) is 15.8. The minimum Gasteiger partial charge on any atom is -0.395 e. The van der Waals surface area contributed by atoms with Crippen LogP contribution in [0.25, 0.3) is 0 Å². The van der Waals surface area contributed by atoms with Crippen LogP contribution in [0.5, 0.6) is 0 Å². The largest absolute Gasteiger partial charge is 0.395 e. The topological polar surface area (TPSA) is 73.9 Å². The Balaban J connectivity index is 0.00000264. The summed E-state index contributed by atoms with van der Waals surface area (Å²) in [5, 5.41) is 12.4. The van der Waals surface area contributed by atoms with Crippen LogP contribution < -0.4 is 11.1 Å². The summed E-state index contributed by atoms with van der Waals surface area (Å²) in [5.41, 5.74) is 7.01. The average molecular weight is 432 g/mol. The Morgan fingerprint density at radius 3 is 2.52 bits per heavy atom. The fourth-order valence-electron chi connectivity index (χ4n) is 3.20. The van der Waals surface area contributed by atoms with Crippen LogP contribution in [-0.4, -0.2) is 48.2 Å². The number of hydrogen-bond acceptors (Lipinski definition) is 3. The van der Waals surface area contributed by atoms with Crippen molar-refractivity contribution in [1.29, 1.82) is 0 Å². The van der Waals surface area contributed by atoms with Crippen molar-refractivity contribution in [3.05, 3.63) is 30.3 Å². The molecule has 4 N–H and O–H groups in total. The van der Waals surface area contributed by atoms with E-state index in [9.17, 15) is 5.11 Å². The number of anilines is 1. The molecular formula is C17H29IN4O. The lowest BCUT2D eigenvalue weighted by atomic mass is 9.80. The van der Waals surface area contributed by atoms with Gasteiger partial charge in [-0.1, -0.05) is 37.5 Å². The molecule has 1 aromatic carbocycles. The monoisotopic (exact) mass is 432 g/mol. The van der Waals surface area contributed by atoms with Crippen molar-refractivity contribution in [3.8, 4) is 0 Å². The molecule has 1 aliphatic rings. The van der Waals surface area contributed by atoms with Crippen molar-refractivity contribution >= 4 is 35.6 Å². The normalized spacial score (nSPS) is 17.6. The van der Waals surface area contributed by atoms with E-state index in [4.69, 9.17) is 5.73 Å². The van der Waals surface area contributed by atoms with Crippen molar-refractivity contribution < 1.29 is 5.11 Å². The summed E-state index contributed by atoms with van der Waals surface area (Å²) < 4.78 is 0. The van der Waals surface area contributed by atoms with Gasteiger partial charge in [0.15, 0.2) is 5.96 Å². The van der Waals surface area contributed by atoms with Gasteiger partial charge in [0.1, 0.15) is 0 Å². The van der Waals surface area contributed by atoms with Crippen LogP contribution in [0.2, 0.25) is 0 Å². The molecule has 0 aromatic heterocycles. The number of hydrogen-bond donors (Lipinski definition) is 3. The Kier molecular flexibility index (Phi) is 8.86. The third-order valence-electron chi connectivity index (χ3n) is 4.62. The SMILES string of the molecule is CN(CCO)C1(CN=C(N)Nc2ccccc2)CCCCC1.I. The quantitative estimate of drug-likeness (QED) is 0.367. The molecule has 0 bridgehead atoms. The lowest BCUT2D eigenvalue weighted by Crippen LogP contribution is -2.51. The molecule has 0 atom stereocenters. The van der Waals surface area contributed by atoms with E-state index in [-0.39, 0.29) is 36.1 Å². The molecule has 0 amide bonds. The van der Waals surface area contributed by atoms with E-state index < -0.39 is 0 Å². The second kappa shape index (κ2) is 10.1. The van der Waals surface area contributed by atoms with E-state index >= 15 is 0 Å². The second-order valence-electron chi connectivity index (χ2n) is 6.12. The van der Waals surface area contributed by atoms with Crippen LogP contribution >= 0.6 is 24.0 Å². The van der Waals surface area contributed by atoms with Gasteiger partial charge in [0, 0.05) is 17.8 Å². The lowest BCUT2D eigenvalue weighted by Gasteiger charge is -2.43. The van der Waals surface area contributed by atoms with Crippen LogP contribution in [0.1, 0.15) is 32.1 Å².